The van der Waals surface area contributed by atoms with Crippen molar-refractivity contribution in [2.75, 3.05) is 13.1 Å². The van der Waals surface area contributed by atoms with Gasteiger partial charge in [-0.25, -0.2) is 8.42 Å². The Bertz CT molecular complexity index is 675. The van der Waals surface area contributed by atoms with Crippen LogP contribution in [0.25, 0.3) is 0 Å². The molecular weight excluding hydrogens is 336 g/mol. The molecule has 1 N–H and O–H groups in total. The minimum Gasteiger partial charge on any atom is -0.341 e. The first-order chi connectivity index (χ1) is 11.7. The lowest BCUT2D eigenvalue weighted by molar-refractivity contribution is -0.132. The topological polar surface area (TPSA) is 66.5 Å². The summed E-state index contributed by atoms with van der Waals surface area (Å²) >= 11 is 0. The lowest BCUT2D eigenvalue weighted by atomic mass is 10.0. The minimum absolute atomic E-state index is 0.103. The summed E-state index contributed by atoms with van der Waals surface area (Å²) < 4.78 is 28.1. The van der Waals surface area contributed by atoms with Gasteiger partial charge in [-0.05, 0) is 48.8 Å². The maximum atomic E-state index is 12.7. The van der Waals surface area contributed by atoms with E-state index < -0.39 is 16.1 Å². The normalized spacial score (nSPS) is 16.6. The van der Waals surface area contributed by atoms with Gasteiger partial charge in [-0.2, -0.15) is 4.72 Å². The molecule has 25 heavy (non-hydrogen) atoms. The first-order valence-electron chi connectivity index (χ1n) is 9.12. The predicted octanol–water partition coefficient (Wildman–Crippen LogP) is 3.13. The van der Waals surface area contributed by atoms with E-state index in [1.807, 2.05) is 26.0 Å². The number of carbonyl (C=O) groups excluding carboxylic acids is 1. The second kappa shape index (κ2) is 8.32. The molecule has 5 nitrogen and oxygen atoms in total. The van der Waals surface area contributed by atoms with Gasteiger partial charge in [0.1, 0.15) is 6.04 Å². The van der Waals surface area contributed by atoms with E-state index in [0.717, 1.165) is 31.5 Å². The fourth-order valence-electron chi connectivity index (χ4n) is 3.12. The summed E-state index contributed by atoms with van der Waals surface area (Å²) in [6, 6.07) is 6.19. The molecule has 0 aliphatic carbocycles. The third kappa shape index (κ3) is 5.28. The number of hydrogen-bond acceptors (Lipinski definition) is 3. The van der Waals surface area contributed by atoms with Crippen molar-refractivity contribution in [1.29, 1.82) is 0 Å². The third-order valence-electron chi connectivity index (χ3n) is 4.58. The summed E-state index contributed by atoms with van der Waals surface area (Å²) in [5, 5.41) is 0. The first kappa shape index (κ1) is 19.9. The van der Waals surface area contributed by atoms with Gasteiger partial charge in [-0.15, -0.1) is 0 Å². The highest BCUT2D eigenvalue weighted by molar-refractivity contribution is 7.89. The van der Waals surface area contributed by atoms with Crippen LogP contribution in [0, 0.1) is 5.92 Å². The smallest absolute Gasteiger partial charge is 0.241 e. The Labute approximate surface area is 151 Å². The molecule has 1 atom stereocenters. The summed E-state index contributed by atoms with van der Waals surface area (Å²) in [7, 11) is -3.72. The van der Waals surface area contributed by atoms with Crippen molar-refractivity contribution >= 4 is 15.9 Å². The number of nitrogens with one attached hydrogen (secondary N) is 1. The molecule has 0 bridgehead atoms. The van der Waals surface area contributed by atoms with E-state index in [2.05, 4.69) is 18.6 Å². The van der Waals surface area contributed by atoms with Crippen LogP contribution < -0.4 is 4.72 Å². The summed E-state index contributed by atoms with van der Waals surface area (Å²) in [6.45, 7) is 9.56. The van der Waals surface area contributed by atoms with Crippen molar-refractivity contribution in [3.8, 4) is 0 Å². The number of rotatable bonds is 7. The van der Waals surface area contributed by atoms with Gasteiger partial charge in [-0.3, -0.25) is 4.79 Å². The SMILES string of the molecule is CC(C)C[C@@H](NS(=O)(=O)c1ccc(C(C)C)cc1)C(=O)N1CCCC1. The molecule has 0 saturated carbocycles. The van der Waals surface area contributed by atoms with Crippen molar-refractivity contribution in [3.05, 3.63) is 29.8 Å². The van der Waals surface area contributed by atoms with Crippen molar-refractivity contribution in [2.45, 2.75) is 63.8 Å². The Morgan fingerprint density at radius 1 is 1.08 bits per heavy atom. The molecule has 1 aliphatic rings. The van der Waals surface area contributed by atoms with Gasteiger partial charge in [0.15, 0.2) is 0 Å². The molecule has 0 unspecified atom stereocenters. The zero-order valence-electron chi connectivity index (χ0n) is 15.7. The highest BCUT2D eigenvalue weighted by Gasteiger charge is 2.31. The average molecular weight is 367 g/mol. The van der Waals surface area contributed by atoms with Crippen LogP contribution >= 0.6 is 0 Å². The van der Waals surface area contributed by atoms with Crippen LogP contribution in [0.15, 0.2) is 29.2 Å². The third-order valence-corrected chi connectivity index (χ3v) is 6.07. The quantitative estimate of drug-likeness (QED) is 0.806. The highest BCUT2D eigenvalue weighted by Crippen LogP contribution is 2.19. The Balaban J connectivity index is 2.18. The van der Waals surface area contributed by atoms with Gasteiger partial charge in [0.25, 0.3) is 0 Å². The Kier molecular flexibility index (Phi) is 6.63. The van der Waals surface area contributed by atoms with Gasteiger partial charge in [-0.1, -0.05) is 39.8 Å². The van der Waals surface area contributed by atoms with Gasteiger partial charge in [0, 0.05) is 13.1 Å². The molecule has 1 amide bonds. The maximum Gasteiger partial charge on any atom is 0.241 e. The largest absolute Gasteiger partial charge is 0.341 e. The summed E-state index contributed by atoms with van der Waals surface area (Å²) in [5.74, 6) is 0.464. The number of nitrogens with zero attached hydrogens (tertiary/aromatic N) is 1. The second-order valence-corrected chi connectivity index (χ2v) is 9.27. The summed E-state index contributed by atoms with van der Waals surface area (Å²) in [4.78, 5) is 14.7. The number of amides is 1. The second-order valence-electron chi connectivity index (χ2n) is 7.56. The van der Waals surface area contributed by atoms with Crippen LogP contribution in [-0.2, 0) is 14.8 Å². The molecule has 1 aliphatic heterocycles. The fraction of sp³-hybridized carbons (Fsp3) is 0.632. The molecule has 0 spiro atoms. The van der Waals surface area contributed by atoms with Crippen LogP contribution in [0.3, 0.4) is 0 Å². The molecule has 1 aromatic rings. The standard InChI is InChI=1S/C19H30N2O3S/c1-14(2)13-18(19(22)21-11-5-6-12-21)20-25(23,24)17-9-7-16(8-10-17)15(3)4/h7-10,14-15,18,20H,5-6,11-13H2,1-4H3/t18-/m1/s1. The average Bonchev–Trinajstić information content (AvgIpc) is 3.07. The van der Waals surface area contributed by atoms with Crippen molar-refractivity contribution in [1.82, 2.24) is 9.62 Å². The number of sulfonamides is 1. The van der Waals surface area contributed by atoms with Crippen LogP contribution in [0.2, 0.25) is 0 Å². The van der Waals surface area contributed by atoms with Crippen molar-refractivity contribution < 1.29 is 13.2 Å². The number of likely N-dealkylation sites (tertiary alicyclic amines) is 1. The fourth-order valence-corrected chi connectivity index (χ4v) is 4.32. The minimum atomic E-state index is -3.72. The zero-order chi connectivity index (χ0) is 18.6. The zero-order valence-corrected chi connectivity index (χ0v) is 16.5. The molecule has 2 rings (SSSR count). The van der Waals surface area contributed by atoms with Crippen LogP contribution in [0.4, 0.5) is 0 Å². The van der Waals surface area contributed by atoms with Crippen LogP contribution in [0.1, 0.15) is 58.4 Å². The molecule has 1 aromatic carbocycles. The van der Waals surface area contributed by atoms with Gasteiger partial charge in [0.05, 0.1) is 4.90 Å². The van der Waals surface area contributed by atoms with E-state index in [4.69, 9.17) is 0 Å². The Morgan fingerprint density at radius 3 is 2.12 bits per heavy atom. The molecule has 1 heterocycles. The van der Waals surface area contributed by atoms with E-state index in [9.17, 15) is 13.2 Å². The number of carbonyl (C=O) groups is 1. The van der Waals surface area contributed by atoms with Gasteiger partial charge >= 0.3 is 0 Å². The highest BCUT2D eigenvalue weighted by atomic mass is 32.2. The van der Waals surface area contributed by atoms with Crippen molar-refractivity contribution in [2.24, 2.45) is 5.92 Å². The van der Waals surface area contributed by atoms with E-state index in [-0.39, 0.29) is 16.7 Å². The number of hydrogen-bond donors (Lipinski definition) is 1. The van der Waals surface area contributed by atoms with E-state index in [0.29, 0.717) is 12.3 Å². The predicted molar refractivity (Wildman–Crippen MR) is 99.9 cm³/mol. The van der Waals surface area contributed by atoms with Crippen LogP contribution in [-0.4, -0.2) is 38.4 Å². The lowest BCUT2D eigenvalue weighted by Crippen LogP contribution is -2.48. The number of benzene rings is 1. The summed E-state index contributed by atoms with van der Waals surface area (Å²) in [6.07, 6.45) is 2.48. The monoisotopic (exact) mass is 366 g/mol. The maximum absolute atomic E-state index is 12.7. The van der Waals surface area contributed by atoms with Crippen LogP contribution in [0.5, 0.6) is 0 Å². The summed E-state index contributed by atoms with van der Waals surface area (Å²) in [5.41, 5.74) is 1.09. The van der Waals surface area contributed by atoms with E-state index >= 15 is 0 Å². The molecule has 6 heteroatoms. The Hall–Kier alpha value is -1.40. The van der Waals surface area contributed by atoms with Gasteiger partial charge < -0.3 is 4.90 Å². The van der Waals surface area contributed by atoms with Gasteiger partial charge in [0.2, 0.25) is 15.9 Å². The molecule has 1 fully saturated rings. The molecule has 140 valence electrons. The molecule has 0 aromatic heterocycles. The van der Waals surface area contributed by atoms with E-state index in [1.54, 1.807) is 17.0 Å². The molecular formula is C19H30N2O3S. The lowest BCUT2D eigenvalue weighted by Gasteiger charge is -2.25. The Morgan fingerprint density at radius 2 is 1.64 bits per heavy atom. The molecule has 0 radical (unpaired) electrons. The first-order valence-corrected chi connectivity index (χ1v) is 10.6. The molecule has 1 saturated heterocycles. The van der Waals surface area contributed by atoms with Crippen molar-refractivity contribution in [3.63, 3.8) is 0 Å². The van der Waals surface area contributed by atoms with E-state index in [1.165, 1.54) is 0 Å².